The summed E-state index contributed by atoms with van der Waals surface area (Å²) < 4.78 is 5.23. The quantitative estimate of drug-likeness (QED) is 0.843. The average Bonchev–Trinajstić information content (AvgIpc) is 3.39. The fourth-order valence-electron chi connectivity index (χ4n) is 3.81. The van der Waals surface area contributed by atoms with Gasteiger partial charge in [-0.05, 0) is 54.7 Å². The smallest absolute Gasteiger partial charge is 0.289 e. The van der Waals surface area contributed by atoms with E-state index in [9.17, 15) is 9.59 Å². The number of fused-ring (bicyclic) bond motifs is 1. The van der Waals surface area contributed by atoms with Crippen molar-refractivity contribution in [3.63, 3.8) is 0 Å². The molecule has 4 rings (SSSR count). The summed E-state index contributed by atoms with van der Waals surface area (Å²) in [6.45, 7) is 1.21. The zero-order valence-electron chi connectivity index (χ0n) is 15.3. The van der Waals surface area contributed by atoms with E-state index < -0.39 is 0 Å². The lowest BCUT2D eigenvalue weighted by molar-refractivity contribution is -0.113. The number of carbonyl (C=O) groups excluding carboxylic acids is 2. The van der Waals surface area contributed by atoms with E-state index in [2.05, 4.69) is 11.4 Å². The van der Waals surface area contributed by atoms with Crippen LogP contribution < -0.4 is 5.32 Å². The predicted octanol–water partition coefficient (Wildman–Crippen LogP) is 4.09. The van der Waals surface area contributed by atoms with Crippen LogP contribution in [0.4, 0.5) is 5.69 Å². The van der Waals surface area contributed by atoms with E-state index in [-0.39, 0.29) is 11.8 Å². The van der Waals surface area contributed by atoms with Crippen LogP contribution in [0.3, 0.4) is 0 Å². The largest absolute Gasteiger partial charge is 0.459 e. The predicted molar refractivity (Wildman–Crippen MR) is 107 cm³/mol. The molecule has 2 heterocycles. The van der Waals surface area contributed by atoms with E-state index in [0.717, 1.165) is 17.7 Å². The summed E-state index contributed by atoms with van der Waals surface area (Å²) in [5, 5.41) is 3.65. The zero-order valence-corrected chi connectivity index (χ0v) is 16.1. The van der Waals surface area contributed by atoms with E-state index in [0.29, 0.717) is 29.9 Å². The Morgan fingerprint density at radius 2 is 2.04 bits per heavy atom. The number of rotatable bonds is 5. The lowest BCUT2D eigenvalue weighted by Crippen LogP contribution is -2.35. The molecule has 1 aliphatic carbocycles. The molecule has 2 amide bonds. The molecule has 1 N–H and O–H groups in total. The van der Waals surface area contributed by atoms with Gasteiger partial charge >= 0.3 is 0 Å². The van der Waals surface area contributed by atoms with Crippen LogP contribution in [-0.2, 0) is 17.8 Å². The summed E-state index contributed by atoms with van der Waals surface area (Å²) in [6, 6.07) is 9.43. The fraction of sp³-hybridized carbons (Fsp3) is 0.429. The van der Waals surface area contributed by atoms with Crippen molar-refractivity contribution in [2.24, 2.45) is 0 Å². The minimum absolute atomic E-state index is 0.0474. The van der Waals surface area contributed by atoms with Gasteiger partial charge in [0.1, 0.15) is 0 Å². The first kappa shape index (κ1) is 18.2. The van der Waals surface area contributed by atoms with Crippen molar-refractivity contribution in [3.05, 3.63) is 53.5 Å². The highest BCUT2D eigenvalue weighted by atomic mass is 32.2. The molecule has 0 saturated heterocycles. The summed E-state index contributed by atoms with van der Waals surface area (Å²) in [5.74, 6) is 0.830. The molecule has 2 aromatic rings. The summed E-state index contributed by atoms with van der Waals surface area (Å²) >= 11 is 1.77. The lowest BCUT2D eigenvalue weighted by atomic mass is 9.99. The Bertz CT molecular complexity index is 813. The Morgan fingerprint density at radius 1 is 1.19 bits per heavy atom. The van der Waals surface area contributed by atoms with Crippen LogP contribution >= 0.6 is 11.8 Å². The van der Waals surface area contributed by atoms with Crippen LogP contribution in [0, 0.1) is 0 Å². The second kappa shape index (κ2) is 8.21. The third-order valence-electron chi connectivity index (χ3n) is 5.27. The van der Waals surface area contributed by atoms with E-state index >= 15 is 0 Å². The molecule has 0 spiro atoms. The summed E-state index contributed by atoms with van der Waals surface area (Å²) in [4.78, 5) is 26.6. The number of carbonyl (C=O) groups is 2. The molecule has 1 aromatic heterocycles. The number of hydrogen-bond donors (Lipinski definition) is 1. The van der Waals surface area contributed by atoms with E-state index in [1.54, 1.807) is 28.8 Å². The number of furan rings is 1. The van der Waals surface area contributed by atoms with E-state index in [1.165, 1.54) is 37.5 Å². The number of nitrogens with one attached hydrogen (secondary N) is 1. The van der Waals surface area contributed by atoms with Crippen molar-refractivity contribution in [1.82, 2.24) is 4.90 Å². The Kier molecular flexibility index (Phi) is 5.53. The molecule has 1 aliphatic heterocycles. The fourth-order valence-corrected chi connectivity index (χ4v) is 4.94. The van der Waals surface area contributed by atoms with Crippen molar-refractivity contribution in [2.75, 3.05) is 17.6 Å². The maximum atomic E-state index is 12.5. The van der Waals surface area contributed by atoms with Crippen LogP contribution in [0.1, 0.15) is 47.4 Å². The summed E-state index contributed by atoms with van der Waals surface area (Å²) in [7, 11) is 0. The van der Waals surface area contributed by atoms with Gasteiger partial charge in [-0.25, -0.2) is 0 Å². The Balaban J connectivity index is 1.37. The SMILES string of the molecule is O=C(CSC1CCCC1)Nc1ccc2c(c1)CN(C(=O)c1ccco1)CC2. The van der Waals surface area contributed by atoms with Crippen molar-refractivity contribution in [2.45, 2.75) is 43.9 Å². The molecule has 1 fully saturated rings. The maximum absolute atomic E-state index is 12.5. The molecule has 0 atom stereocenters. The van der Waals surface area contributed by atoms with Crippen LogP contribution in [0.25, 0.3) is 0 Å². The molecule has 5 nitrogen and oxygen atoms in total. The van der Waals surface area contributed by atoms with Gasteiger partial charge in [-0.3, -0.25) is 9.59 Å². The Hall–Kier alpha value is -2.21. The molecule has 1 aromatic carbocycles. The van der Waals surface area contributed by atoms with Gasteiger partial charge in [0.15, 0.2) is 5.76 Å². The highest BCUT2D eigenvalue weighted by molar-refractivity contribution is 8.00. The second-order valence-electron chi connectivity index (χ2n) is 7.20. The minimum Gasteiger partial charge on any atom is -0.459 e. The zero-order chi connectivity index (χ0) is 18.6. The Labute approximate surface area is 163 Å². The number of benzene rings is 1. The van der Waals surface area contributed by atoms with Crippen molar-refractivity contribution in [3.8, 4) is 0 Å². The van der Waals surface area contributed by atoms with Crippen molar-refractivity contribution >= 4 is 29.3 Å². The average molecular weight is 385 g/mol. The third kappa shape index (κ3) is 4.38. The van der Waals surface area contributed by atoms with Crippen molar-refractivity contribution in [1.29, 1.82) is 0 Å². The van der Waals surface area contributed by atoms with E-state index in [1.807, 2.05) is 12.1 Å². The van der Waals surface area contributed by atoms with Crippen LogP contribution in [0.15, 0.2) is 41.0 Å². The molecule has 1 saturated carbocycles. The van der Waals surface area contributed by atoms with Gasteiger partial charge in [-0.1, -0.05) is 18.9 Å². The number of thioether (sulfide) groups is 1. The monoisotopic (exact) mass is 384 g/mol. The normalized spacial score (nSPS) is 17.0. The number of amides is 2. The maximum Gasteiger partial charge on any atom is 0.289 e. The first-order valence-corrected chi connectivity index (χ1v) is 10.6. The molecule has 0 bridgehead atoms. The molecular weight excluding hydrogens is 360 g/mol. The van der Waals surface area contributed by atoms with Crippen molar-refractivity contribution < 1.29 is 14.0 Å². The number of nitrogens with zero attached hydrogens (tertiary/aromatic N) is 1. The van der Waals surface area contributed by atoms with Gasteiger partial charge in [0, 0.05) is 24.0 Å². The van der Waals surface area contributed by atoms with Gasteiger partial charge in [0.2, 0.25) is 5.91 Å². The second-order valence-corrected chi connectivity index (χ2v) is 8.49. The molecule has 0 radical (unpaired) electrons. The molecule has 2 aliphatic rings. The van der Waals surface area contributed by atoms with Gasteiger partial charge in [-0.15, -0.1) is 11.8 Å². The third-order valence-corrected chi connectivity index (χ3v) is 6.65. The van der Waals surface area contributed by atoms with E-state index in [4.69, 9.17) is 4.42 Å². The Morgan fingerprint density at radius 3 is 2.81 bits per heavy atom. The first-order chi connectivity index (χ1) is 13.2. The van der Waals surface area contributed by atoms with Crippen LogP contribution in [-0.4, -0.2) is 34.3 Å². The van der Waals surface area contributed by atoms with Crippen LogP contribution in [0.5, 0.6) is 0 Å². The highest BCUT2D eigenvalue weighted by Crippen LogP contribution is 2.29. The molecule has 142 valence electrons. The number of hydrogen-bond acceptors (Lipinski definition) is 4. The van der Waals surface area contributed by atoms with Gasteiger partial charge in [0.05, 0.1) is 12.0 Å². The standard InChI is InChI=1S/C21H24N2O3S/c24-20(14-27-18-4-1-2-5-18)22-17-8-7-15-9-10-23(13-16(15)12-17)21(25)19-6-3-11-26-19/h3,6-8,11-12,18H,1-2,4-5,9-10,13-14H2,(H,22,24). The molecule has 6 heteroatoms. The lowest BCUT2D eigenvalue weighted by Gasteiger charge is -2.28. The summed E-state index contributed by atoms with van der Waals surface area (Å²) in [5.41, 5.74) is 3.12. The van der Waals surface area contributed by atoms with Gasteiger partial charge in [-0.2, -0.15) is 0 Å². The molecule has 0 unspecified atom stereocenters. The summed E-state index contributed by atoms with van der Waals surface area (Å²) in [6.07, 6.45) is 7.37. The van der Waals surface area contributed by atoms with Gasteiger partial charge in [0.25, 0.3) is 5.91 Å². The molecular formula is C21H24N2O3S. The van der Waals surface area contributed by atoms with Crippen LogP contribution in [0.2, 0.25) is 0 Å². The minimum atomic E-state index is -0.0898. The highest BCUT2D eigenvalue weighted by Gasteiger charge is 2.24. The molecule has 27 heavy (non-hydrogen) atoms. The first-order valence-electron chi connectivity index (χ1n) is 9.55. The number of anilines is 1. The van der Waals surface area contributed by atoms with Gasteiger partial charge < -0.3 is 14.6 Å². The topological polar surface area (TPSA) is 62.6 Å².